The number of benzene rings is 1. The van der Waals surface area contributed by atoms with Gasteiger partial charge < -0.3 is 19.9 Å². The number of rotatable bonds is 7. The Morgan fingerprint density at radius 1 is 1.38 bits per heavy atom. The van der Waals surface area contributed by atoms with E-state index in [9.17, 15) is 9.90 Å². The third-order valence-electron chi connectivity index (χ3n) is 3.43. The molecule has 5 heteroatoms. The summed E-state index contributed by atoms with van der Waals surface area (Å²) in [5.41, 5.74) is 0.429. The van der Waals surface area contributed by atoms with Crippen molar-refractivity contribution in [2.75, 3.05) is 7.11 Å². The van der Waals surface area contributed by atoms with Gasteiger partial charge in [0.1, 0.15) is 0 Å². The standard InChI is InChI=1S/C16H25NO4/c1-6-16(3,4)17-15(19)11(2)21-14-9-12(10-18)7-8-13(14)20-5/h7-9,11,18H,6,10H2,1-5H3,(H,17,19). The topological polar surface area (TPSA) is 67.8 Å². The van der Waals surface area contributed by atoms with Crippen LogP contribution in [0.5, 0.6) is 11.5 Å². The second-order valence-electron chi connectivity index (χ2n) is 5.63. The van der Waals surface area contributed by atoms with Crippen LogP contribution in [0.25, 0.3) is 0 Å². The van der Waals surface area contributed by atoms with Crippen LogP contribution in [0.3, 0.4) is 0 Å². The molecule has 0 spiro atoms. The summed E-state index contributed by atoms with van der Waals surface area (Å²) in [6, 6.07) is 5.13. The van der Waals surface area contributed by atoms with Crippen LogP contribution in [0.2, 0.25) is 0 Å². The second-order valence-corrected chi connectivity index (χ2v) is 5.63. The van der Waals surface area contributed by atoms with Gasteiger partial charge in [-0.05, 0) is 44.9 Å². The highest BCUT2D eigenvalue weighted by Crippen LogP contribution is 2.29. The van der Waals surface area contributed by atoms with Gasteiger partial charge in [0.25, 0.3) is 5.91 Å². The highest BCUT2D eigenvalue weighted by molar-refractivity contribution is 5.81. The van der Waals surface area contributed by atoms with Crippen LogP contribution in [0.15, 0.2) is 18.2 Å². The smallest absolute Gasteiger partial charge is 0.261 e. The number of hydrogen-bond acceptors (Lipinski definition) is 4. The molecule has 1 aromatic carbocycles. The predicted octanol–water partition coefficient (Wildman–Crippen LogP) is 2.26. The fourth-order valence-electron chi connectivity index (χ4n) is 1.68. The molecule has 0 aliphatic rings. The third-order valence-corrected chi connectivity index (χ3v) is 3.43. The summed E-state index contributed by atoms with van der Waals surface area (Å²) in [5.74, 6) is 0.793. The first kappa shape index (κ1) is 17.3. The average molecular weight is 295 g/mol. The molecule has 0 radical (unpaired) electrons. The van der Waals surface area contributed by atoms with E-state index >= 15 is 0 Å². The zero-order valence-corrected chi connectivity index (χ0v) is 13.4. The lowest BCUT2D eigenvalue weighted by molar-refractivity contribution is -0.129. The highest BCUT2D eigenvalue weighted by atomic mass is 16.5. The summed E-state index contributed by atoms with van der Waals surface area (Å²) in [4.78, 5) is 12.1. The Hall–Kier alpha value is -1.75. The Bertz CT molecular complexity index is 485. The van der Waals surface area contributed by atoms with E-state index in [0.717, 1.165) is 6.42 Å². The number of aliphatic hydroxyl groups excluding tert-OH is 1. The quantitative estimate of drug-likeness (QED) is 0.809. The van der Waals surface area contributed by atoms with E-state index in [-0.39, 0.29) is 18.1 Å². The lowest BCUT2D eigenvalue weighted by atomic mass is 10.0. The number of carbonyl (C=O) groups is 1. The second kappa shape index (κ2) is 7.31. The molecule has 1 atom stereocenters. The van der Waals surface area contributed by atoms with Gasteiger partial charge in [-0.1, -0.05) is 13.0 Å². The fourth-order valence-corrected chi connectivity index (χ4v) is 1.68. The molecule has 1 rings (SSSR count). The minimum Gasteiger partial charge on any atom is -0.493 e. The monoisotopic (exact) mass is 295 g/mol. The number of methoxy groups -OCH3 is 1. The number of hydrogen-bond donors (Lipinski definition) is 2. The van der Waals surface area contributed by atoms with E-state index in [1.165, 1.54) is 7.11 Å². The Labute approximate surface area is 126 Å². The largest absolute Gasteiger partial charge is 0.493 e. The Morgan fingerprint density at radius 2 is 2.05 bits per heavy atom. The van der Waals surface area contributed by atoms with Crippen molar-refractivity contribution in [2.45, 2.75) is 52.4 Å². The van der Waals surface area contributed by atoms with E-state index in [1.807, 2.05) is 20.8 Å². The molecule has 0 aliphatic carbocycles. The third kappa shape index (κ3) is 4.93. The molecule has 2 N–H and O–H groups in total. The van der Waals surface area contributed by atoms with Gasteiger partial charge in [-0.3, -0.25) is 4.79 Å². The van der Waals surface area contributed by atoms with Crippen molar-refractivity contribution < 1.29 is 19.4 Å². The number of ether oxygens (including phenoxy) is 2. The summed E-state index contributed by atoms with van der Waals surface area (Å²) >= 11 is 0. The summed E-state index contributed by atoms with van der Waals surface area (Å²) < 4.78 is 10.9. The molecule has 0 bridgehead atoms. The first-order chi connectivity index (χ1) is 9.82. The Morgan fingerprint density at radius 3 is 2.57 bits per heavy atom. The summed E-state index contributed by atoms with van der Waals surface area (Å²) in [7, 11) is 1.53. The van der Waals surface area contributed by atoms with E-state index < -0.39 is 6.10 Å². The first-order valence-electron chi connectivity index (χ1n) is 7.09. The Balaban J connectivity index is 2.82. The number of aliphatic hydroxyl groups is 1. The molecule has 0 aliphatic heterocycles. The minimum atomic E-state index is -0.654. The normalized spacial score (nSPS) is 12.7. The van der Waals surface area contributed by atoms with Crippen LogP contribution in [0.1, 0.15) is 39.7 Å². The maximum Gasteiger partial charge on any atom is 0.261 e. The van der Waals surface area contributed by atoms with Gasteiger partial charge in [-0.15, -0.1) is 0 Å². The van der Waals surface area contributed by atoms with E-state index in [0.29, 0.717) is 17.1 Å². The van der Waals surface area contributed by atoms with Gasteiger partial charge in [0, 0.05) is 5.54 Å². The van der Waals surface area contributed by atoms with Gasteiger partial charge in [-0.2, -0.15) is 0 Å². The van der Waals surface area contributed by atoms with Gasteiger partial charge in [0.15, 0.2) is 17.6 Å². The predicted molar refractivity (Wildman–Crippen MR) is 81.5 cm³/mol. The van der Waals surface area contributed by atoms with E-state index in [1.54, 1.807) is 25.1 Å². The average Bonchev–Trinajstić information content (AvgIpc) is 2.46. The van der Waals surface area contributed by atoms with Crippen LogP contribution < -0.4 is 14.8 Å². The van der Waals surface area contributed by atoms with Crippen LogP contribution in [0.4, 0.5) is 0 Å². The van der Waals surface area contributed by atoms with Crippen molar-refractivity contribution in [1.82, 2.24) is 5.32 Å². The molecule has 118 valence electrons. The van der Waals surface area contributed by atoms with Crippen LogP contribution >= 0.6 is 0 Å². The van der Waals surface area contributed by atoms with Gasteiger partial charge in [0.05, 0.1) is 13.7 Å². The molecule has 0 aromatic heterocycles. The zero-order valence-electron chi connectivity index (χ0n) is 13.4. The molecular weight excluding hydrogens is 270 g/mol. The van der Waals surface area contributed by atoms with Crippen molar-refractivity contribution in [3.63, 3.8) is 0 Å². The van der Waals surface area contributed by atoms with Crippen molar-refractivity contribution in [3.05, 3.63) is 23.8 Å². The lowest BCUT2D eigenvalue weighted by Gasteiger charge is -2.27. The molecule has 5 nitrogen and oxygen atoms in total. The van der Waals surface area contributed by atoms with Crippen LogP contribution in [-0.2, 0) is 11.4 Å². The highest BCUT2D eigenvalue weighted by Gasteiger charge is 2.23. The van der Waals surface area contributed by atoms with Crippen molar-refractivity contribution in [2.24, 2.45) is 0 Å². The molecular formula is C16H25NO4. The molecule has 0 heterocycles. The SMILES string of the molecule is CCC(C)(C)NC(=O)C(C)Oc1cc(CO)ccc1OC. The molecule has 21 heavy (non-hydrogen) atoms. The van der Waals surface area contributed by atoms with E-state index in [2.05, 4.69) is 5.32 Å². The number of carbonyl (C=O) groups excluding carboxylic acids is 1. The molecule has 1 amide bonds. The molecule has 0 saturated carbocycles. The number of amides is 1. The molecule has 1 unspecified atom stereocenters. The molecule has 0 saturated heterocycles. The molecule has 0 fully saturated rings. The maximum atomic E-state index is 12.1. The minimum absolute atomic E-state index is 0.0935. The van der Waals surface area contributed by atoms with Crippen LogP contribution in [0, 0.1) is 0 Å². The lowest BCUT2D eigenvalue weighted by Crippen LogP contribution is -2.48. The van der Waals surface area contributed by atoms with Crippen molar-refractivity contribution in [1.29, 1.82) is 0 Å². The van der Waals surface area contributed by atoms with Crippen LogP contribution in [-0.4, -0.2) is 29.8 Å². The summed E-state index contributed by atoms with van der Waals surface area (Å²) in [5, 5.41) is 12.1. The van der Waals surface area contributed by atoms with E-state index in [4.69, 9.17) is 9.47 Å². The summed E-state index contributed by atoms with van der Waals surface area (Å²) in [6.07, 6.45) is 0.174. The van der Waals surface area contributed by atoms with Gasteiger partial charge >= 0.3 is 0 Å². The van der Waals surface area contributed by atoms with Crippen molar-refractivity contribution in [3.8, 4) is 11.5 Å². The zero-order chi connectivity index (χ0) is 16.0. The first-order valence-corrected chi connectivity index (χ1v) is 7.09. The van der Waals surface area contributed by atoms with Crippen molar-refractivity contribution >= 4 is 5.91 Å². The maximum absolute atomic E-state index is 12.1. The number of nitrogens with one attached hydrogen (secondary N) is 1. The fraction of sp³-hybridized carbons (Fsp3) is 0.562. The van der Waals surface area contributed by atoms with Gasteiger partial charge in [0.2, 0.25) is 0 Å². The summed E-state index contributed by atoms with van der Waals surface area (Å²) in [6.45, 7) is 7.53. The molecule has 1 aromatic rings. The Kier molecular flexibility index (Phi) is 6.03. The van der Waals surface area contributed by atoms with Gasteiger partial charge in [-0.25, -0.2) is 0 Å².